The summed E-state index contributed by atoms with van der Waals surface area (Å²) >= 11 is 0. The Morgan fingerprint density at radius 1 is 0.582 bits per heavy atom. The van der Waals surface area contributed by atoms with Crippen LogP contribution in [0.1, 0.15) is 128 Å². The molecule has 14 N–H and O–H groups in total. The molecule has 0 bridgehead atoms. The van der Waals surface area contributed by atoms with Crippen LogP contribution in [0.25, 0.3) is 0 Å². The molecule has 91 heavy (non-hydrogen) atoms. The third-order valence-electron chi connectivity index (χ3n) is 23.7. The Morgan fingerprint density at radius 3 is 1.68 bits per heavy atom. The van der Waals surface area contributed by atoms with Gasteiger partial charge in [-0.1, -0.05) is 72.3 Å². The summed E-state index contributed by atoms with van der Waals surface area (Å²) in [5.41, 5.74) is -3.17. The largest absolute Gasteiger partial charge is 0.479 e. The van der Waals surface area contributed by atoms with Crippen LogP contribution in [0.4, 0.5) is 0 Å². The maximum absolute atomic E-state index is 13.9. The summed E-state index contributed by atoms with van der Waals surface area (Å²) in [5, 5.41) is 156. The first-order valence-electron chi connectivity index (χ1n) is 32.0. The minimum atomic E-state index is -2.29. The number of esters is 2. The zero-order chi connectivity index (χ0) is 67.3. The number of carbonyl (C=O) groups is 3. The van der Waals surface area contributed by atoms with Crippen molar-refractivity contribution in [2.75, 3.05) is 19.8 Å². The molecule has 4 saturated carbocycles. The fourth-order valence-electron chi connectivity index (χ4n) is 17.8. The lowest BCUT2D eigenvalue weighted by atomic mass is 9.33. The van der Waals surface area contributed by atoms with Crippen molar-refractivity contribution >= 4 is 17.9 Å². The lowest BCUT2D eigenvalue weighted by molar-refractivity contribution is -0.406. The molecule has 0 radical (unpaired) electrons. The van der Waals surface area contributed by atoms with E-state index in [-0.39, 0.29) is 18.3 Å². The molecule has 5 aliphatic carbocycles. The third kappa shape index (κ3) is 12.0. The van der Waals surface area contributed by atoms with Crippen LogP contribution < -0.4 is 0 Å². The predicted octanol–water partition coefficient (Wildman–Crippen LogP) is -0.495. The third-order valence-corrected chi connectivity index (χ3v) is 23.7. The van der Waals surface area contributed by atoms with E-state index < -0.39 is 223 Å². The average Bonchev–Trinajstić information content (AvgIpc) is 0.670. The Bertz CT molecular complexity index is 2720. The number of carboxylic acid groups (broad SMARTS) is 1. The highest BCUT2D eigenvalue weighted by Crippen LogP contribution is 2.76. The fraction of sp³-hybridized carbons (Fsp3) is 0.859. The first-order chi connectivity index (χ1) is 42.5. The van der Waals surface area contributed by atoms with Crippen molar-refractivity contribution < 1.29 is 133 Å². The van der Waals surface area contributed by atoms with E-state index in [1.54, 1.807) is 39.8 Å². The van der Waals surface area contributed by atoms with Gasteiger partial charge in [0.05, 0.1) is 43.5 Å². The summed E-state index contributed by atoms with van der Waals surface area (Å²) in [6, 6.07) is 0. The molecular formula is C64H100O27. The fourth-order valence-corrected chi connectivity index (χ4v) is 17.8. The van der Waals surface area contributed by atoms with Crippen LogP contribution in [0.5, 0.6) is 0 Å². The first kappa shape index (κ1) is 72.1. The number of ether oxygens (including phenoxy) is 10. The number of rotatable bonds is 16. The normalized spacial score (nSPS) is 49.8. The minimum Gasteiger partial charge on any atom is -0.479 e. The van der Waals surface area contributed by atoms with Crippen LogP contribution in [0, 0.1) is 50.2 Å². The van der Waals surface area contributed by atoms with Gasteiger partial charge in [-0.05, 0) is 119 Å². The van der Waals surface area contributed by atoms with E-state index >= 15 is 0 Å². The molecule has 27 nitrogen and oxygen atoms in total. The van der Waals surface area contributed by atoms with Gasteiger partial charge < -0.3 is 119 Å². The van der Waals surface area contributed by atoms with Gasteiger partial charge in [0.15, 0.2) is 37.4 Å². The molecular weight excluding hydrogens is 1200 g/mol. The first-order valence-corrected chi connectivity index (χ1v) is 32.0. The minimum absolute atomic E-state index is 0.0434. The van der Waals surface area contributed by atoms with Gasteiger partial charge in [-0.2, -0.15) is 0 Å². The van der Waals surface area contributed by atoms with E-state index in [9.17, 15) is 85.9 Å². The van der Waals surface area contributed by atoms with Crippen molar-refractivity contribution in [3.63, 3.8) is 0 Å². The van der Waals surface area contributed by atoms with Crippen LogP contribution in [0.2, 0.25) is 0 Å². The van der Waals surface area contributed by atoms with Crippen molar-refractivity contribution in [2.24, 2.45) is 50.2 Å². The van der Waals surface area contributed by atoms with Gasteiger partial charge in [0.2, 0.25) is 0 Å². The van der Waals surface area contributed by atoms with Crippen LogP contribution in [-0.2, 0) is 61.8 Å². The molecule has 4 aliphatic heterocycles. The molecule has 27 heteroatoms. The molecule has 0 aromatic carbocycles. The highest BCUT2D eigenvalue weighted by atomic mass is 16.8. The maximum atomic E-state index is 13.9. The number of hydrogen-bond acceptors (Lipinski definition) is 26. The lowest BCUT2D eigenvalue weighted by Gasteiger charge is -2.72. The number of carbonyl (C=O) groups excluding carboxylic acids is 2. The number of aliphatic hydroxyl groups is 13. The molecule has 0 spiro atoms. The second-order valence-corrected chi connectivity index (χ2v) is 29.3. The average molecular weight is 1300 g/mol. The smallest absolute Gasteiger partial charge is 0.335 e. The number of hydrogen-bond donors (Lipinski definition) is 14. The van der Waals surface area contributed by atoms with Crippen LogP contribution >= 0.6 is 0 Å². The van der Waals surface area contributed by atoms with Gasteiger partial charge in [-0.3, -0.25) is 0 Å². The van der Waals surface area contributed by atoms with E-state index in [1.165, 1.54) is 6.92 Å². The Labute approximate surface area is 529 Å². The summed E-state index contributed by atoms with van der Waals surface area (Å²) in [5.74, 6) is -3.74. The molecule has 4 heterocycles. The molecule has 0 aromatic heterocycles. The van der Waals surface area contributed by atoms with Crippen molar-refractivity contribution in [1.82, 2.24) is 0 Å². The summed E-state index contributed by atoms with van der Waals surface area (Å²) in [4.78, 5) is 40.8. The predicted molar refractivity (Wildman–Crippen MR) is 313 cm³/mol. The van der Waals surface area contributed by atoms with E-state index in [4.69, 9.17) is 47.4 Å². The summed E-state index contributed by atoms with van der Waals surface area (Å²) in [7, 11) is 0. The topological polar surface area (TPSA) is 427 Å². The molecule has 0 aromatic rings. The maximum Gasteiger partial charge on any atom is 0.335 e. The Morgan fingerprint density at radius 2 is 1.11 bits per heavy atom. The van der Waals surface area contributed by atoms with E-state index in [0.29, 0.717) is 49.7 Å². The molecule has 4 saturated heterocycles. The molecule has 31 atom stereocenters. The standard InChI is InChI=1S/C64H100O27/c1-13-26(3)53(80)90-50-51(91-54(81)27(4)14-2)64(25-67)30(21-59(50,6)7)29-15-16-34-61(10)19-18-36(60(8,9)33(61)17-20-62(34,11)63(29,12)22-35(64)68)85-58-49(89-56-44(76)41(73)38(70)31(23-65)83-56)46(45(77)47(87-58)52(78)79)86-57-48(42(74)39(71)32(24-66)84-57)88-55-43(75)40(72)37(69)28(5)82-55/h13-15,28,30-51,55-58,65-77H,16-25H2,1-12H3,(H,78,79)/b26-13+,27-14+/t28-,30?,31+,32+,33?,34?,35+,36-,37-,38+,39-,40+,41-,42-,43+,44+,45-,46-,47-,48+,49+,50?,51-,55-,56-,57-,58+,61-,62+,63+,64-/m0/s1. The number of aliphatic carboxylic acids is 1. The van der Waals surface area contributed by atoms with Crippen molar-refractivity contribution in [1.29, 1.82) is 0 Å². The van der Waals surface area contributed by atoms with Gasteiger partial charge >= 0.3 is 17.9 Å². The van der Waals surface area contributed by atoms with Gasteiger partial charge in [-0.25, -0.2) is 14.4 Å². The number of allylic oxidation sites excluding steroid dienone is 4. The number of fused-ring (bicyclic) bond motifs is 7. The van der Waals surface area contributed by atoms with Crippen molar-refractivity contribution in [3.05, 3.63) is 34.9 Å². The molecule has 4 unspecified atom stereocenters. The Kier molecular flexibility index (Phi) is 21.1. The number of aliphatic hydroxyl groups excluding tert-OH is 13. The van der Waals surface area contributed by atoms with Gasteiger partial charge in [0.1, 0.15) is 91.6 Å². The molecule has 9 rings (SSSR count). The lowest BCUT2D eigenvalue weighted by Crippen LogP contribution is -2.72. The van der Waals surface area contributed by atoms with E-state index in [0.717, 1.165) is 5.57 Å². The van der Waals surface area contributed by atoms with Crippen LogP contribution in [-0.4, -0.2) is 256 Å². The van der Waals surface area contributed by atoms with E-state index in [2.05, 4.69) is 26.8 Å². The van der Waals surface area contributed by atoms with E-state index in [1.807, 2.05) is 27.7 Å². The molecule has 8 fully saturated rings. The summed E-state index contributed by atoms with van der Waals surface area (Å²) in [6.45, 7) is 20.2. The zero-order valence-corrected chi connectivity index (χ0v) is 54.0. The molecule has 518 valence electrons. The van der Waals surface area contributed by atoms with Gasteiger partial charge in [0.25, 0.3) is 0 Å². The van der Waals surface area contributed by atoms with Crippen LogP contribution in [0.3, 0.4) is 0 Å². The Hall–Kier alpha value is -3.21. The number of carboxylic acids is 1. The van der Waals surface area contributed by atoms with Crippen molar-refractivity contribution in [3.8, 4) is 0 Å². The monoisotopic (exact) mass is 1300 g/mol. The van der Waals surface area contributed by atoms with Gasteiger partial charge in [0, 0.05) is 16.6 Å². The molecule has 9 aliphatic rings. The Balaban J connectivity index is 1.05. The SMILES string of the molecule is C/C=C(\C)C(=O)OC1[C@H](OC(=O)/C(C)=C/C)[C@@]2(CO)C(CC1(C)C)C1=CCC3[C@@]4(C)CC[C@H](O[C@@H]5O[C@H](C(=O)O)[C@@H](O)[C@H](O[C@@H]6O[C@H](CO)[C@H](O)[C@H](O)[C@H]6O[C@@H]6O[C@@H](C)[C@H](O)[C@@H](O)[C@H]6O)[C@H]5O[C@@H]5O[C@H](CO)[C@@H](O)[C@H](O)[C@H]5O)C(C)(C)C4CC[C@@]3(C)[C@]1(C)C[C@H]2O. The summed E-state index contributed by atoms with van der Waals surface area (Å²) in [6.07, 6.45) is -33.9. The van der Waals surface area contributed by atoms with Gasteiger partial charge in [-0.15, -0.1) is 0 Å². The summed E-state index contributed by atoms with van der Waals surface area (Å²) < 4.78 is 61.9. The second-order valence-electron chi connectivity index (χ2n) is 29.3. The van der Waals surface area contributed by atoms with Crippen molar-refractivity contribution in [2.45, 2.75) is 275 Å². The zero-order valence-electron chi connectivity index (χ0n) is 54.0. The van der Waals surface area contributed by atoms with Crippen LogP contribution in [0.15, 0.2) is 34.9 Å². The molecule has 0 amide bonds. The highest BCUT2D eigenvalue weighted by Gasteiger charge is 2.74. The second kappa shape index (κ2) is 26.7. The highest BCUT2D eigenvalue weighted by molar-refractivity contribution is 5.89. The quantitative estimate of drug-likeness (QED) is 0.0401.